The lowest BCUT2D eigenvalue weighted by atomic mass is 9.84. The van der Waals surface area contributed by atoms with Crippen molar-refractivity contribution in [2.75, 3.05) is 18.0 Å². The maximum atomic E-state index is 11.1. The SMILES string of the molecule is Cn1c2c(c3cc(-c4cc(C(=O)O)[nH]n4)ccc31)C1CCN2CC1. The van der Waals surface area contributed by atoms with Crippen molar-refractivity contribution in [1.29, 1.82) is 0 Å². The van der Waals surface area contributed by atoms with Crippen LogP contribution in [0.25, 0.3) is 22.2 Å². The van der Waals surface area contributed by atoms with Crippen LogP contribution in [0.1, 0.15) is 34.8 Å². The maximum absolute atomic E-state index is 11.1. The van der Waals surface area contributed by atoms with Crippen LogP contribution in [0.5, 0.6) is 0 Å². The first-order chi connectivity index (χ1) is 11.6. The van der Waals surface area contributed by atoms with Gasteiger partial charge in [-0.05, 0) is 37.0 Å². The van der Waals surface area contributed by atoms with Crippen molar-refractivity contribution in [3.05, 3.63) is 35.5 Å². The molecule has 0 unspecified atom stereocenters. The molecule has 0 radical (unpaired) electrons. The number of aromatic carboxylic acids is 1. The van der Waals surface area contributed by atoms with Gasteiger partial charge in [0.05, 0.1) is 5.69 Å². The van der Waals surface area contributed by atoms with Crippen molar-refractivity contribution in [2.45, 2.75) is 18.8 Å². The summed E-state index contributed by atoms with van der Waals surface area (Å²) < 4.78 is 2.30. The highest BCUT2D eigenvalue weighted by molar-refractivity contribution is 5.95. The van der Waals surface area contributed by atoms with Crippen LogP contribution >= 0.6 is 0 Å². The second-order valence-electron chi connectivity index (χ2n) is 6.76. The predicted octanol–water partition coefficient (Wildman–Crippen LogP) is 2.96. The Bertz CT molecular complexity index is 976. The Morgan fingerprint density at radius 2 is 2.08 bits per heavy atom. The number of aromatic nitrogens is 3. The topological polar surface area (TPSA) is 74.1 Å². The van der Waals surface area contributed by atoms with Crippen LogP contribution in [0.15, 0.2) is 24.3 Å². The molecular weight excluding hydrogens is 304 g/mol. The van der Waals surface area contributed by atoms with E-state index in [1.165, 1.54) is 35.1 Å². The number of benzene rings is 1. The number of carbonyl (C=O) groups is 1. The molecule has 6 rings (SSSR count). The number of H-pyrrole nitrogens is 1. The van der Waals surface area contributed by atoms with Crippen LogP contribution in [0.2, 0.25) is 0 Å². The normalized spacial score (nSPS) is 16.8. The number of aryl methyl sites for hydroxylation is 1. The molecule has 5 heterocycles. The summed E-state index contributed by atoms with van der Waals surface area (Å²) in [7, 11) is 2.14. The monoisotopic (exact) mass is 322 g/mol. The zero-order chi connectivity index (χ0) is 16.4. The van der Waals surface area contributed by atoms with E-state index in [1.54, 1.807) is 6.07 Å². The van der Waals surface area contributed by atoms with Crippen LogP contribution < -0.4 is 4.90 Å². The number of fused-ring (bicyclic) bond motifs is 3. The molecule has 0 saturated carbocycles. The Morgan fingerprint density at radius 3 is 2.79 bits per heavy atom. The summed E-state index contributed by atoms with van der Waals surface area (Å²) in [4.78, 5) is 13.6. The van der Waals surface area contributed by atoms with Gasteiger partial charge in [-0.1, -0.05) is 6.07 Å². The largest absolute Gasteiger partial charge is 0.477 e. The number of nitrogens with zero attached hydrogens (tertiary/aromatic N) is 3. The van der Waals surface area contributed by atoms with Gasteiger partial charge < -0.3 is 14.6 Å². The lowest BCUT2D eigenvalue weighted by Crippen LogP contribution is -2.39. The number of carboxylic acids is 1. The molecule has 122 valence electrons. The summed E-state index contributed by atoms with van der Waals surface area (Å²) in [6.07, 6.45) is 2.45. The maximum Gasteiger partial charge on any atom is 0.353 e. The minimum atomic E-state index is -0.989. The standard InChI is InChI=1S/C18H18N4O2/c1-21-15-3-2-11(13-9-14(18(23)24)20-19-13)8-12(15)16-10-4-6-22(7-5-10)17(16)21/h2-3,8-10H,4-7H2,1H3,(H,19,20)(H,23,24). The second kappa shape index (κ2) is 4.63. The molecule has 2 N–H and O–H groups in total. The molecule has 1 saturated heterocycles. The van der Waals surface area contributed by atoms with E-state index in [0.29, 0.717) is 11.6 Å². The molecule has 0 spiro atoms. The fourth-order valence-electron chi connectivity index (χ4n) is 4.36. The third-order valence-corrected chi connectivity index (χ3v) is 5.51. The van der Waals surface area contributed by atoms with Gasteiger partial charge in [-0.2, -0.15) is 5.10 Å². The number of carboxylic acid groups (broad SMARTS) is 1. The van der Waals surface area contributed by atoms with Gasteiger partial charge in [-0.3, -0.25) is 5.10 Å². The Labute approximate surface area is 138 Å². The van der Waals surface area contributed by atoms with Gasteiger partial charge in [0, 0.05) is 42.2 Å². The van der Waals surface area contributed by atoms with E-state index in [1.807, 2.05) is 6.07 Å². The van der Waals surface area contributed by atoms with E-state index in [0.717, 1.165) is 18.7 Å². The van der Waals surface area contributed by atoms with E-state index < -0.39 is 5.97 Å². The van der Waals surface area contributed by atoms with Crippen molar-refractivity contribution in [1.82, 2.24) is 14.8 Å². The van der Waals surface area contributed by atoms with Crippen molar-refractivity contribution in [3.8, 4) is 11.3 Å². The zero-order valence-corrected chi connectivity index (χ0v) is 13.4. The lowest BCUT2D eigenvalue weighted by Gasteiger charge is -2.41. The van der Waals surface area contributed by atoms with Crippen LogP contribution in [-0.4, -0.2) is 38.9 Å². The predicted molar refractivity (Wildman–Crippen MR) is 91.6 cm³/mol. The first-order valence-electron chi connectivity index (χ1n) is 8.30. The summed E-state index contributed by atoms with van der Waals surface area (Å²) >= 11 is 0. The lowest BCUT2D eigenvalue weighted by molar-refractivity contribution is 0.0690. The third-order valence-electron chi connectivity index (χ3n) is 5.51. The molecule has 2 aromatic heterocycles. The number of piperidine rings is 1. The Balaban J connectivity index is 1.71. The molecule has 0 amide bonds. The zero-order valence-electron chi connectivity index (χ0n) is 13.4. The minimum Gasteiger partial charge on any atom is -0.477 e. The molecule has 3 aromatic rings. The number of aromatic amines is 1. The highest BCUT2D eigenvalue weighted by Gasteiger charge is 2.35. The van der Waals surface area contributed by atoms with E-state index in [2.05, 4.69) is 38.8 Å². The van der Waals surface area contributed by atoms with Gasteiger partial charge >= 0.3 is 5.97 Å². The van der Waals surface area contributed by atoms with Gasteiger partial charge in [0.1, 0.15) is 11.5 Å². The fraction of sp³-hybridized carbons (Fsp3) is 0.333. The molecule has 1 aromatic carbocycles. The van der Waals surface area contributed by atoms with Crippen molar-refractivity contribution < 1.29 is 9.90 Å². The Hall–Kier alpha value is -2.76. The van der Waals surface area contributed by atoms with Crippen LogP contribution in [0.3, 0.4) is 0 Å². The molecule has 2 bridgehead atoms. The van der Waals surface area contributed by atoms with Crippen molar-refractivity contribution in [3.63, 3.8) is 0 Å². The van der Waals surface area contributed by atoms with Gasteiger partial charge in [-0.15, -0.1) is 0 Å². The molecule has 6 nitrogen and oxygen atoms in total. The molecular formula is C18H18N4O2. The smallest absolute Gasteiger partial charge is 0.353 e. The van der Waals surface area contributed by atoms with Gasteiger partial charge in [-0.25, -0.2) is 4.79 Å². The molecule has 6 heteroatoms. The van der Waals surface area contributed by atoms with Crippen LogP contribution in [-0.2, 0) is 7.05 Å². The van der Waals surface area contributed by atoms with E-state index >= 15 is 0 Å². The summed E-state index contributed by atoms with van der Waals surface area (Å²) in [6.45, 7) is 2.30. The highest BCUT2D eigenvalue weighted by atomic mass is 16.4. The summed E-state index contributed by atoms with van der Waals surface area (Å²) in [5.74, 6) is 1.01. The van der Waals surface area contributed by atoms with Crippen LogP contribution in [0.4, 0.5) is 5.82 Å². The third kappa shape index (κ3) is 1.71. The fourth-order valence-corrected chi connectivity index (χ4v) is 4.36. The second-order valence-corrected chi connectivity index (χ2v) is 6.76. The highest BCUT2D eigenvalue weighted by Crippen LogP contribution is 2.47. The van der Waals surface area contributed by atoms with Crippen molar-refractivity contribution in [2.24, 2.45) is 7.05 Å². The molecule has 0 atom stereocenters. The molecule has 3 aliphatic rings. The van der Waals surface area contributed by atoms with Gasteiger partial charge in [0.2, 0.25) is 0 Å². The average molecular weight is 322 g/mol. The van der Waals surface area contributed by atoms with Gasteiger partial charge in [0.15, 0.2) is 0 Å². The summed E-state index contributed by atoms with van der Waals surface area (Å²) in [5.41, 5.74) is 4.44. The van der Waals surface area contributed by atoms with E-state index in [-0.39, 0.29) is 5.69 Å². The van der Waals surface area contributed by atoms with E-state index in [9.17, 15) is 4.79 Å². The van der Waals surface area contributed by atoms with Crippen molar-refractivity contribution >= 4 is 22.7 Å². The Kier molecular flexibility index (Phi) is 2.63. The number of anilines is 1. The molecule has 0 aliphatic carbocycles. The Morgan fingerprint density at radius 1 is 1.29 bits per heavy atom. The van der Waals surface area contributed by atoms with Crippen LogP contribution in [0, 0.1) is 0 Å². The quantitative estimate of drug-likeness (QED) is 0.761. The first kappa shape index (κ1) is 13.7. The number of nitrogens with one attached hydrogen (secondary N) is 1. The molecule has 1 fully saturated rings. The summed E-state index contributed by atoms with van der Waals surface area (Å²) in [6, 6.07) is 7.90. The number of hydrogen-bond donors (Lipinski definition) is 2. The summed E-state index contributed by atoms with van der Waals surface area (Å²) in [5, 5.41) is 17.1. The number of hydrogen-bond acceptors (Lipinski definition) is 3. The van der Waals surface area contributed by atoms with Gasteiger partial charge in [0.25, 0.3) is 0 Å². The number of rotatable bonds is 2. The molecule has 3 aliphatic heterocycles. The van der Waals surface area contributed by atoms with E-state index in [4.69, 9.17) is 5.11 Å². The minimum absolute atomic E-state index is 0.116. The first-order valence-corrected chi connectivity index (χ1v) is 8.30. The average Bonchev–Trinajstić information content (AvgIpc) is 3.21. The molecule has 24 heavy (non-hydrogen) atoms.